The maximum absolute atomic E-state index is 12.0. The number of carbonyl (C=O) groups excluding carboxylic acids is 1. The van der Waals surface area contributed by atoms with Gasteiger partial charge in [-0.25, -0.2) is 4.79 Å². The van der Waals surface area contributed by atoms with Crippen molar-refractivity contribution in [3.05, 3.63) is 66.6 Å². The molecule has 104 valence electrons. The number of nitrogens with zero attached hydrogens (tertiary/aromatic N) is 2. The van der Waals surface area contributed by atoms with E-state index in [0.29, 0.717) is 6.54 Å². The molecule has 0 aliphatic heterocycles. The number of hydrogen-bond acceptors (Lipinski definition) is 3. The lowest BCUT2D eigenvalue weighted by atomic mass is 10.2. The van der Waals surface area contributed by atoms with Crippen LogP contribution in [-0.4, -0.2) is 16.0 Å². The predicted octanol–water partition coefficient (Wildman–Crippen LogP) is 2.95. The summed E-state index contributed by atoms with van der Waals surface area (Å²) in [6.07, 6.45) is 3.43. The molecule has 2 heterocycles. The molecule has 0 unspecified atom stereocenters. The molecule has 0 fully saturated rings. The number of pyridine rings is 2. The Hall–Kier alpha value is -2.95. The molecular formula is C16H14N4O. The fourth-order valence-electron chi connectivity index (χ4n) is 2.05. The van der Waals surface area contributed by atoms with Gasteiger partial charge in [0.2, 0.25) is 0 Å². The number of carbonyl (C=O) groups is 1. The van der Waals surface area contributed by atoms with Gasteiger partial charge in [0.1, 0.15) is 0 Å². The molecule has 5 heteroatoms. The average Bonchev–Trinajstić information content (AvgIpc) is 2.54. The van der Waals surface area contributed by atoms with Gasteiger partial charge in [-0.1, -0.05) is 12.1 Å². The van der Waals surface area contributed by atoms with Crippen LogP contribution in [0.5, 0.6) is 0 Å². The summed E-state index contributed by atoms with van der Waals surface area (Å²) in [4.78, 5) is 20.4. The van der Waals surface area contributed by atoms with E-state index in [9.17, 15) is 4.79 Å². The van der Waals surface area contributed by atoms with Crippen molar-refractivity contribution in [3.8, 4) is 0 Å². The van der Waals surface area contributed by atoms with Crippen LogP contribution in [0.4, 0.5) is 10.5 Å². The molecule has 0 aliphatic rings. The van der Waals surface area contributed by atoms with Crippen LogP contribution in [-0.2, 0) is 6.54 Å². The zero-order valence-corrected chi connectivity index (χ0v) is 11.3. The van der Waals surface area contributed by atoms with Gasteiger partial charge in [0.05, 0.1) is 23.4 Å². The SMILES string of the molecule is O=C(NCc1ccccn1)Nc1cccc2ncccc12. The maximum atomic E-state index is 12.0. The molecule has 0 spiro atoms. The van der Waals surface area contributed by atoms with Gasteiger partial charge in [-0.2, -0.15) is 0 Å². The second-order valence-electron chi connectivity index (χ2n) is 4.50. The highest BCUT2D eigenvalue weighted by molar-refractivity contribution is 6.00. The number of anilines is 1. The molecule has 0 atom stereocenters. The summed E-state index contributed by atoms with van der Waals surface area (Å²) in [6.45, 7) is 0.385. The molecule has 2 amide bonds. The highest BCUT2D eigenvalue weighted by atomic mass is 16.2. The van der Waals surface area contributed by atoms with Crippen molar-refractivity contribution < 1.29 is 4.79 Å². The Morgan fingerprint density at radius 2 is 1.86 bits per heavy atom. The highest BCUT2D eigenvalue weighted by Gasteiger charge is 2.05. The van der Waals surface area contributed by atoms with Crippen molar-refractivity contribution in [2.75, 3.05) is 5.32 Å². The molecule has 0 bridgehead atoms. The largest absolute Gasteiger partial charge is 0.332 e. The van der Waals surface area contributed by atoms with E-state index in [0.717, 1.165) is 22.3 Å². The summed E-state index contributed by atoms with van der Waals surface area (Å²) in [5, 5.41) is 6.53. The number of amides is 2. The van der Waals surface area contributed by atoms with Crippen molar-refractivity contribution in [2.45, 2.75) is 6.54 Å². The first-order valence-electron chi connectivity index (χ1n) is 6.61. The second-order valence-corrected chi connectivity index (χ2v) is 4.50. The molecule has 0 aliphatic carbocycles. The van der Waals surface area contributed by atoms with Gasteiger partial charge in [0.15, 0.2) is 0 Å². The lowest BCUT2D eigenvalue weighted by Gasteiger charge is -2.09. The van der Waals surface area contributed by atoms with E-state index in [2.05, 4.69) is 20.6 Å². The number of aromatic nitrogens is 2. The van der Waals surface area contributed by atoms with Crippen LogP contribution in [0.1, 0.15) is 5.69 Å². The van der Waals surface area contributed by atoms with Crippen molar-refractivity contribution in [3.63, 3.8) is 0 Å². The summed E-state index contributed by atoms with van der Waals surface area (Å²) in [5.74, 6) is 0. The van der Waals surface area contributed by atoms with Crippen molar-refractivity contribution in [1.29, 1.82) is 0 Å². The summed E-state index contributed by atoms with van der Waals surface area (Å²) in [5.41, 5.74) is 2.39. The molecule has 0 radical (unpaired) electrons. The van der Waals surface area contributed by atoms with Crippen molar-refractivity contribution in [2.24, 2.45) is 0 Å². The quantitative estimate of drug-likeness (QED) is 0.774. The first-order valence-corrected chi connectivity index (χ1v) is 6.61. The standard InChI is InChI=1S/C16H14N4O/c21-16(19-11-12-5-1-2-9-17-12)20-15-8-3-7-14-13(15)6-4-10-18-14/h1-10H,11H2,(H2,19,20,21). The van der Waals surface area contributed by atoms with Crippen molar-refractivity contribution >= 4 is 22.6 Å². The Labute approximate surface area is 122 Å². The first-order chi connectivity index (χ1) is 10.3. The molecule has 1 aromatic carbocycles. The number of nitrogens with one attached hydrogen (secondary N) is 2. The average molecular weight is 278 g/mol. The summed E-state index contributed by atoms with van der Waals surface area (Å²) < 4.78 is 0. The number of rotatable bonds is 3. The highest BCUT2D eigenvalue weighted by Crippen LogP contribution is 2.20. The number of fused-ring (bicyclic) bond motifs is 1. The van der Waals surface area contributed by atoms with Crippen LogP contribution >= 0.6 is 0 Å². The molecule has 2 N–H and O–H groups in total. The van der Waals surface area contributed by atoms with Gasteiger partial charge in [-0.3, -0.25) is 9.97 Å². The Balaban J connectivity index is 1.69. The Bertz CT molecular complexity index is 753. The van der Waals surface area contributed by atoms with Crippen LogP contribution in [0.25, 0.3) is 10.9 Å². The number of hydrogen-bond donors (Lipinski definition) is 2. The van der Waals surface area contributed by atoms with Crippen molar-refractivity contribution in [1.82, 2.24) is 15.3 Å². The lowest BCUT2D eigenvalue weighted by Crippen LogP contribution is -2.28. The van der Waals surface area contributed by atoms with Gasteiger partial charge in [-0.15, -0.1) is 0 Å². The fourth-order valence-corrected chi connectivity index (χ4v) is 2.05. The normalized spacial score (nSPS) is 10.3. The molecule has 0 saturated heterocycles. The number of urea groups is 1. The topological polar surface area (TPSA) is 66.9 Å². The van der Waals surface area contributed by atoms with E-state index >= 15 is 0 Å². The molecule has 2 aromatic heterocycles. The minimum Gasteiger partial charge on any atom is -0.332 e. The van der Waals surface area contributed by atoms with Gasteiger partial charge in [-0.05, 0) is 36.4 Å². The maximum Gasteiger partial charge on any atom is 0.319 e. The van der Waals surface area contributed by atoms with Gasteiger partial charge in [0.25, 0.3) is 0 Å². The third-order valence-corrected chi connectivity index (χ3v) is 3.05. The molecule has 0 saturated carbocycles. The molecule has 21 heavy (non-hydrogen) atoms. The van der Waals surface area contributed by atoms with E-state index in [1.54, 1.807) is 12.4 Å². The second kappa shape index (κ2) is 6.00. The van der Waals surface area contributed by atoms with Crippen LogP contribution in [0.3, 0.4) is 0 Å². The van der Waals surface area contributed by atoms with E-state index in [1.165, 1.54) is 0 Å². The predicted molar refractivity (Wildman–Crippen MR) is 81.8 cm³/mol. The Morgan fingerprint density at radius 1 is 0.952 bits per heavy atom. The molecule has 3 rings (SSSR count). The first kappa shape index (κ1) is 13.1. The lowest BCUT2D eigenvalue weighted by molar-refractivity contribution is 0.251. The zero-order chi connectivity index (χ0) is 14.5. The summed E-state index contributed by atoms with van der Waals surface area (Å²) in [7, 11) is 0. The van der Waals surface area contributed by atoms with E-state index in [-0.39, 0.29) is 6.03 Å². The van der Waals surface area contributed by atoms with Gasteiger partial charge < -0.3 is 10.6 Å². The zero-order valence-electron chi connectivity index (χ0n) is 11.3. The van der Waals surface area contributed by atoms with Crippen LogP contribution in [0, 0.1) is 0 Å². The minimum atomic E-state index is -0.267. The van der Waals surface area contributed by atoms with Crippen LogP contribution in [0.2, 0.25) is 0 Å². The molecule has 3 aromatic rings. The van der Waals surface area contributed by atoms with E-state index < -0.39 is 0 Å². The molecule has 5 nitrogen and oxygen atoms in total. The fraction of sp³-hybridized carbons (Fsp3) is 0.0625. The van der Waals surface area contributed by atoms with Crippen LogP contribution < -0.4 is 10.6 Å². The summed E-state index contributed by atoms with van der Waals surface area (Å²) >= 11 is 0. The third-order valence-electron chi connectivity index (χ3n) is 3.05. The van der Waals surface area contributed by atoms with E-state index in [4.69, 9.17) is 0 Å². The summed E-state index contributed by atoms with van der Waals surface area (Å²) in [6, 6.07) is 14.7. The Morgan fingerprint density at radius 3 is 2.71 bits per heavy atom. The third kappa shape index (κ3) is 3.14. The monoisotopic (exact) mass is 278 g/mol. The van der Waals surface area contributed by atoms with Crippen LogP contribution in [0.15, 0.2) is 60.9 Å². The van der Waals surface area contributed by atoms with Gasteiger partial charge in [0, 0.05) is 17.8 Å². The Kier molecular flexibility index (Phi) is 3.73. The number of benzene rings is 1. The van der Waals surface area contributed by atoms with E-state index in [1.807, 2.05) is 48.5 Å². The molecular weight excluding hydrogens is 264 g/mol. The minimum absolute atomic E-state index is 0.267. The smallest absolute Gasteiger partial charge is 0.319 e. The van der Waals surface area contributed by atoms with Gasteiger partial charge >= 0.3 is 6.03 Å².